The summed E-state index contributed by atoms with van der Waals surface area (Å²) < 4.78 is 37.9. The molecule has 0 aliphatic carbocycles. The van der Waals surface area contributed by atoms with E-state index < -0.39 is 17.3 Å². The molecular formula is C14H16F3N3O. The van der Waals surface area contributed by atoms with Gasteiger partial charge in [0.1, 0.15) is 0 Å². The average molecular weight is 299 g/mol. The molecule has 0 aromatic heterocycles. The minimum absolute atomic E-state index is 0.0359. The number of nitriles is 1. The van der Waals surface area contributed by atoms with E-state index in [9.17, 15) is 18.0 Å². The third kappa shape index (κ3) is 5.34. The first-order valence-electron chi connectivity index (χ1n) is 6.38. The lowest BCUT2D eigenvalue weighted by molar-refractivity contribution is -0.137. The van der Waals surface area contributed by atoms with Crippen LogP contribution >= 0.6 is 0 Å². The SMILES string of the molecule is CC(C)NC(=O)CCNc1ccc(C(F)(F)F)c(C#N)c1. The highest BCUT2D eigenvalue weighted by molar-refractivity contribution is 5.76. The van der Waals surface area contributed by atoms with Crippen LogP contribution in [-0.2, 0) is 11.0 Å². The van der Waals surface area contributed by atoms with Crippen molar-refractivity contribution < 1.29 is 18.0 Å². The van der Waals surface area contributed by atoms with Gasteiger partial charge in [-0.1, -0.05) is 0 Å². The van der Waals surface area contributed by atoms with Crippen molar-refractivity contribution >= 4 is 11.6 Å². The van der Waals surface area contributed by atoms with Gasteiger partial charge in [-0.2, -0.15) is 18.4 Å². The Hall–Kier alpha value is -2.23. The molecule has 114 valence electrons. The molecule has 1 aromatic rings. The maximum absolute atomic E-state index is 12.6. The van der Waals surface area contributed by atoms with Crippen LogP contribution in [0.3, 0.4) is 0 Å². The van der Waals surface area contributed by atoms with Gasteiger partial charge in [0.25, 0.3) is 0 Å². The van der Waals surface area contributed by atoms with Crippen molar-refractivity contribution in [2.24, 2.45) is 0 Å². The van der Waals surface area contributed by atoms with E-state index in [2.05, 4.69) is 10.6 Å². The lowest BCUT2D eigenvalue weighted by Gasteiger charge is -2.12. The summed E-state index contributed by atoms with van der Waals surface area (Å²) in [6.45, 7) is 3.94. The maximum Gasteiger partial charge on any atom is 0.417 e. The number of hydrogen-bond donors (Lipinski definition) is 2. The minimum atomic E-state index is -4.55. The van der Waals surface area contributed by atoms with Gasteiger partial charge >= 0.3 is 6.18 Å². The molecule has 1 aromatic carbocycles. The lowest BCUT2D eigenvalue weighted by atomic mass is 10.1. The molecular weight excluding hydrogens is 283 g/mol. The van der Waals surface area contributed by atoms with Crippen LogP contribution in [0, 0.1) is 11.3 Å². The Bertz CT molecular complexity index is 547. The molecule has 0 aliphatic heterocycles. The van der Waals surface area contributed by atoms with Crippen LogP contribution in [0.2, 0.25) is 0 Å². The Balaban J connectivity index is 2.66. The normalized spacial score (nSPS) is 11.1. The average Bonchev–Trinajstić information content (AvgIpc) is 2.36. The molecule has 1 amide bonds. The molecule has 0 unspecified atom stereocenters. The van der Waals surface area contributed by atoms with Gasteiger partial charge in [0.05, 0.1) is 17.2 Å². The predicted octanol–water partition coefficient (Wildman–Crippen LogP) is 2.90. The highest BCUT2D eigenvalue weighted by atomic mass is 19.4. The molecule has 0 bridgehead atoms. The van der Waals surface area contributed by atoms with Gasteiger partial charge in [0, 0.05) is 24.7 Å². The number of amides is 1. The summed E-state index contributed by atoms with van der Waals surface area (Å²) in [5.41, 5.74) is -1.04. The second-order valence-corrected chi connectivity index (χ2v) is 4.77. The molecule has 0 saturated carbocycles. The first-order chi connectivity index (χ1) is 9.74. The zero-order chi connectivity index (χ0) is 16.0. The van der Waals surface area contributed by atoms with Crippen molar-refractivity contribution in [1.82, 2.24) is 5.32 Å². The van der Waals surface area contributed by atoms with E-state index in [1.807, 2.05) is 13.8 Å². The smallest absolute Gasteiger partial charge is 0.384 e. The van der Waals surface area contributed by atoms with Crippen LogP contribution in [0.1, 0.15) is 31.4 Å². The number of benzene rings is 1. The van der Waals surface area contributed by atoms with Crippen molar-refractivity contribution in [1.29, 1.82) is 5.26 Å². The van der Waals surface area contributed by atoms with Crippen molar-refractivity contribution in [3.63, 3.8) is 0 Å². The number of rotatable bonds is 5. The number of anilines is 1. The third-order valence-electron chi connectivity index (χ3n) is 2.58. The topological polar surface area (TPSA) is 64.9 Å². The number of alkyl halides is 3. The Kier molecular flexibility index (Phi) is 5.59. The quantitative estimate of drug-likeness (QED) is 0.878. The van der Waals surface area contributed by atoms with E-state index in [0.29, 0.717) is 5.69 Å². The van der Waals surface area contributed by atoms with Gasteiger partial charge in [-0.05, 0) is 32.0 Å². The van der Waals surface area contributed by atoms with Crippen molar-refractivity contribution in [3.05, 3.63) is 29.3 Å². The summed E-state index contributed by atoms with van der Waals surface area (Å²) in [6, 6.07) is 4.79. The summed E-state index contributed by atoms with van der Waals surface area (Å²) in [6.07, 6.45) is -4.36. The van der Waals surface area contributed by atoms with E-state index in [4.69, 9.17) is 5.26 Å². The molecule has 4 nitrogen and oxygen atoms in total. The van der Waals surface area contributed by atoms with Gasteiger partial charge in [-0.15, -0.1) is 0 Å². The minimum Gasteiger partial charge on any atom is -0.384 e. The summed E-state index contributed by atoms with van der Waals surface area (Å²) in [5, 5.41) is 14.3. The standard InChI is InChI=1S/C14H16F3N3O/c1-9(2)20-13(21)5-6-19-11-3-4-12(14(15,16)17)10(7-11)8-18/h3-4,7,9,19H,5-6H2,1-2H3,(H,20,21). The predicted molar refractivity (Wildman–Crippen MR) is 72.5 cm³/mol. The fourth-order valence-corrected chi connectivity index (χ4v) is 1.71. The second-order valence-electron chi connectivity index (χ2n) is 4.77. The van der Waals surface area contributed by atoms with E-state index in [-0.39, 0.29) is 24.9 Å². The van der Waals surface area contributed by atoms with E-state index in [0.717, 1.165) is 12.1 Å². The van der Waals surface area contributed by atoms with Crippen molar-refractivity contribution in [3.8, 4) is 6.07 Å². The zero-order valence-corrected chi connectivity index (χ0v) is 11.7. The van der Waals surface area contributed by atoms with Crippen LogP contribution in [0.5, 0.6) is 0 Å². The molecule has 0 fully saturated rings. The summed E-state index contributed by atoms with van der Waals surface area (Å²) >= 11 is 0. The van der Waals surface area contributed by atoms with Crippen LogP contribution in [0.15, 0.2) is 18.2 Å². The number of halogens is 3. The third-order valence-corrected chi connectivity index (χ3v) is 2.58. The molecule has 0 spiro atoms. The molecule has 21 heavy (non-hydrogen) atoms. The van der Waals surface area contributed by atoms with E-state index in [1.54, 1.807) is 0 Å². The molecule has 0 aliphatic rings. The summed E-state index contributed by atoms with van der Waals surface area (Å²) in [5.74, 6) is -0.148. The van der Waals surface area contributed by atoms with Gasteiger partial charge in [-0.25, -0.2) is 0 Å². The van der Waals surface area contributed by atoms with Gasteiger partial charge in [0.2, 0.25) is 5.91 Å². The van der Waals surface area contributed by atoms with Crippen LogP contribution in [0.25, 0.3) is 0 Å². The molecule has 1 rings (SSSR count). The maximum atomic E-state index is 12.6. The number of nitrogens with one attached hydrogen (secondary N) is 2. The largest absolute Gasteiger partial charge is 0.417 e. The number of carbonyl (C=O) groups is 1. The first kappa shape index (κ1) is 16.8. The van der Waals surface area contributed by atoms with Crippen molar-refractivity contribution in [2.75, 3.05) is 11.9 Å². The fraction of sp³-hybridized carbons (Fsp3) is 0.429. The molecule has 7 heteroatoms. The van der Waals surface area contributed by atoms with Crippen molar-refractivity contribution in [2.45, 2.75) is 32.5 Å². The van der Waals surface area contributed by atoms with Crippen LogP contribution < -0.4 is 10.6 Å². The van der Waals surface area contributed by atoms with E-state index >= 15 is 0 Å². The second kappa shape index (κ2) is 6.97. The van der Waals surface area contributed by atoms with Crippen LogP contribution in [0.4, 0.5) is 18.9 Å². The lowest BCUT2D eigenvalue weighted by Crippen LogP contribution is -2.31. The molecule has 0 atom stereocenters. The highest BCUT2D eigenvalue weighted by Crippen LogP contribution is 2.32. The van der Waals surface area contributed by atoms with Gasteiger partial charge < -0.3 is 10.6 Å². The molecule has 2 N–H and O–H groups in total. The molecule has 0 heterocycles. The first-order valence-corrected chi connectivity index (χ1v) is 6.38. The summed E-state index contributed by atoms with van der Waals surface area (Å²) in [7, 11) is 0. The molecule has 0 saturated heterocycles. The fourth-order valence-electron chi connectivity index (χ4n) is 1.71. The number of carbonyl (C=O) groups excluding carboxylic acids is 1. The number of hydrogen-bond acceptors (Lipinski definition) is 3. The Morgan fingerprint density at radius 3 is 2.57 bits per heavy atom. The summed E-state index contributed by atoms with van der Waals surface area (Å²) in [4.78, 5) is 11.4. The Labute approximate surface area is 121 Å². The Morgan fingerprint density at radius 1 is 1.38 bits per heavy atom. The van der Waals surface area contributed by atoms with Gasteiger partial charge in [0.15, 0.2) is 0 Å². The molecule has 0 radical (unpaired) electrons. The van der Waals surface area contributed by atoms with Gasteiger partial charge in [-0.3, -0.25) is 4.79 Å². The number of nitrogens with zero attached hydrogens (tertiary/aromatic N) is 1. The zero-order valence-electron chi connectivity index (χ0n) is 11.7. The monoisotopic (exact) mass is 299 g/mol. The van der Waals surface area contributed by atoms with E-state index in [1.165, 1.54) is 12.1 Å². The Morgan fingerprint density at radius 2 is 2.05 bits per heavy atom. The highest BCUT2D eigenvalue weighted by Gasteiger charge is 2.33. The van der Waals surface area contributed by atoms with Crippen LogP contribution in [-0.4, -0.2) is 18.5 Å².